The summed E-state index contributed by atoms with van der Waals surface area (Å²) in [5.41, 5.74) is 0.523. The molecule has 0 bridgehead atoms. The van der Waals surface area contributed by atoms with E-state index in [2.05, 4.69) is 10.3 Å². The van der Waals surface area contributed by atoms with Gasteiger partial charge < -0.3 is 10.4 Å². The maximum Gasteiger partial charge on any atom is 0.267 e. The van der Waals surface area contributed by atoms with Gasteiger partial charge in [-0.05, 0) is 31.6 Å². The van der Waals surface area contributed by atoms with Crippen molar-refractivity contribution in [3.63, 3.8) is 0 Å². The number of nitrogens with one attached hydrogen (secondary N) is 1. The third-order valence-corrected chi connectivity index (χ3v) is 5.24. The first-order valence-corrected chi connectivity index (χ1v) is 9.40. The van der Waals surface area contributed by atoms with Crippen LogP contribution < -0.4 is 10.9 Å². The van der Waals surface area contributed by atoms with Gasteiger partial charge in [0.05, 0.1) is 10.5 Å². The minimum absolute atomic E-state index is 0.0318. The predicted octanol–water partition coefficient (Wildman–Crippen LogP) is 1.71. The molecule has 0 unspecified atom stereocenters. The van der Waals surface area contributed by atoms with Crippen LogP contribution in [0.5, 0.6) is 0 Å². The molecule has 0 radical (unpaired) electrons. The summed E-state index contributed by atoms with van der Waals surface area (Å²) in [6.45, 7) is 2.83. The number of aliphatic hydroxyl groups is 1. The topological polar surface area (TPSA) is 86.9 Å². The molecular weight excluding hydrogens is 372 g/mol. The molecule has 0 aromatic carbocycles. The first-order valence-electron chi connectivity index (χ1n) is 8.18. The van der Waals surface area contributed by atoms with Crippen molar-refractivity contribution in [2.45, 2.75) is 13.3 Å². The predicted molar refractivity (Wildman–Crippen MR) is 107 cm³/mol. The summed E-state index contributed by atoms with van der Waals surface area (Å²) in [7, 11) is 0. The van der Waals surface area contributed by atoms with Crippen LogP contribution in [0.1, 0.15) is 18.9 Å². The number of anilines is 1. The number of thiocarbonyl (C=S) groups is 1. The normalized spacial score (nSPS) is 16.1. The summed E-state index contributed by atoms with van der Waals surface area (Å²) in [5, 5.41) is 12.1. The molecule has 0 spiro atoms. The smallest absolute Gasteiger partial charge is 0.267 e. The molecule has 2 N–H and O–H groups in total. The molecule has 7 nitrogen and oxygen atoms in total. The molecule has 26 heavy (non-hydrogen) atoms. The second-order valence-electron chi connectivity index (χ2n) is 5.54. The van der Waals surface area contributed by atoms with E-state index in [4.69, 9.17) is 17.3 Å². The van der Waals surface area contributed by atoms with Crippen LogP contribution in [0.15, 0.2) is 34.1 Å². The van der Waals surface area contributed by atoms with Gasteiger partial charge in [-0.1, -0.05) is 30.0 Å². The summed E-state index contributed by atoms with van der Waals surface area (Å²) < 4.78 is 1.91. The van der Waals surface area contributed by atoms with Crippen molar-refractivity contribution in [1.82, 2.24) is 14.3 Å². The lowest BCUT2D eigenvalue weighted by Gasteiger charge is -2.11. The molecule has 9 heteroatoms. The molecule has 0 atom stereocenters. The highest BCUT2D eigenvalue weighted by molar-refractivity contribution is 8.26. The Balaban J connectivity index is 2.11. The number of fused-ring (bicyclic) bond motifs is 1. The number of likely N-dealkylation sites (N-methyl/N-ethyl adjacent to an activating group) is 1. The Kier molecular flexibility index (Phi) is 5.70. The van der Waals surface area contributed by atoms with E-state index in [0.717, 1.165) is 0 Å². The number of aliphatic hydroxyl groups excluding tert-OH is 1. The Hall–Kier alpha value is -2.23. The van der Waals surface area contributed by atoms with Crippen LogP contribution in [0.3, 0.4) is 0 Å². The summed E-state index contributed by atoms with van der Waals surface area (Å²) in [6.07, 6.45) is 3.70. The van der Waals surface area contributed by atoms with Crippen LogP contribution in [-0.2, 0) is 4.79 Å². The van der Waals surface area contributed by atoms with E-state index in [9.17, 15) is 9.59 Å². The summed E-state index contributed by atoms with van der Waals surface area (Å²) in [5.74, 6) is 0.179. The first-order chi connectivity index (χ1) is 12.6. The Bertz CT molecular complexity index is 955. The Morgan fingerprint density at radius 2 is 2.19 bits per heavy atom. The lowest BCUT2D eigenvalue weighted by molar-refractivity contribution is -0.121. The van der Waals surface area contributed by atoms with E-state index in [1.807, 2.05) is 6.92 Å². The SMILES string of the molecule is CCN1C(=O)C(=Cc2c(NCCCO)nc3ccccn3c2=O)SC1=S. The van der Waals surface area contributed by atoms with E-state index < -0.39 is 0 Å². The van der Waals surface area contributed by atoms with Crippen molar-refractivity contribution >= 4 is 51.7 Å². The van der Waals surface area contributed by atoms with Gasteiger partial charge in [0.15, 0.2) is 0 Å². The molecule has 1 saturated heterocycles. The molecule has 2 aromatic heterocycles. The Morgan fingerprint density at radius 3 is 2.88 bits per heavy atom. The number of aromatic nitrogens is 2. The lowest BCUT2D eigenvalue weighted by Crippen LogP contribution is -2.27. The lowest BCUT2D eigenvalue weighted by atomic mass is 10.2. The molecule has 1 aliphatic heterocycles. The molecule has 136 valence electrons. The van der Waals surface area contributed by atoms with Crippen LogP contribution in [-0.4, -0.2) is 49.3 Å². The highest BCUT2D eigenvalue weighted by atomic mass is 32.2. The average Bonchev–Trinajstić information content (AvgIpc) is 2.91. The van der Waals surface area contributed by atoms with Gasteiger partial charge in [-0.25, -0.2) is 4.98 Å². The second kappa shape index (κ2) is 7.98. The minimum atomic E-state index is -0.274. The second-order valence-corrected chi connectivity index (χ2v) is 7.21. The molecule has 3 rings (SSSR count). The fourth-order valence-electron chi connectivity index (χ4n) is 2.56. The third-order valence-electron chi connectivity index (χ3n) is 3.86. The van der Waals surface area contributed by atoms with Gasteiger partial charge >= 0.3 is 0 Å². The van der Waals surface area contributed by atoms with Gasteiger partial charge in [0.1, 0.15) is 15.8 Å². The Morgan fingerprint density at radius 1 is 1.38 bits per heavy atom. The van der Waals surface area contributed by atoms with Crippen molar-refractivity contribution in [2.75, 3.05) is 25.0 Å². The van der Waals surface area contributed by atoms with Crippen molar-refractivity contribution in [2.24, 2.45) is 0 Å². The third kappa shape index (κ3) is 3.50. The minimum Gasteiger partial charge on any atom is -0.396 e. The number of nitrogens with zero attached hydrogens (tertiary/aromatic N) is 3. The van der Waals surface area contributed by atoms with Crippen LogP contribution in [0.25, 0.3) is 11.7 Å². The number of amides is 1. The standard InChI is InChI=1S/C17H18N4O3S2/c1-2-20-16(24)12(26-17(20)25)10-11-14(18-7-5-9-22)19-13-6-3-4-8-21(13)15(11)23/h3-4,6,8,10,18,22H,2,5,7,9H2,1H3. The van der Waals surface area contributed by atoms with Gasteiger partial charge in [-0.3, -0.25) is 18.9 Å². The molecule has 3 heterocycles. The molecule has 1 fully saturated rings. The van der Waals surface area contributed by atoms with Crippen LogP contribution in [0.2, 0.25) is 0 Å². The van der Waals surface area contributed by atoms with E-state index >= 15 is 0 Å². The average molecular weight is 390 g/mol. The number of thioether (sulfide) groups is 1. The number of carbonyl (C=O) groups excluding carboxylic acids is 1. The number of carbonyl (C=O) groups is 1. The molecule has 1 amide bonds. The van der Waals surface area contributed by atoms with Crippen LogP contribution in [0.4, 0.5) is 5.82 Å². The maximum atomic E-state index is 12.9. The fraction of sp³-hybridized carbons (Fsp3) is 0.294. The van der Waals surface area contributed by atoms with Gasteiger partial charge in [0.25, 0.3) is 11.5 Å². The van der Waals surface area contributed by atoms with E-state index in [-0.39, 0.29) is 18.1 Å². The molecule has 0 saturated carbocycles. The largest absolute Gasteiger partial charge is 0.396 e. The molecule has 0 aliphatic carbocycles. The zero-order chi connectivity index (χ0) is 18.7. The fourth-order valence-corrected chi connectivity index (χ4v) is 3.92. The zero-order valence-electron chi connectivity index (χ0n) is 14.1. The summed E-state index contributed by atoms with van der Waals surface area (Å²) >= 11 is 6.40. The van der Waals surface area contributed by atoms with E-state index in [0.29, 0.717) is 45.8 Å². The maximum absolute atomic E-state index is 12.9. The quantitative estimate of drug-likeness (QED) is 0.441. The summed E-state index contributed by atoms with van der Waals surface area (Å²) in [6, 6.07) is 5.28. The molecule has 2 aromatic rings. The number of hydrogen-bond donors (Lipinski definition) is 2. The van der Waals surface area contributed by atoms with Crippen molar-refractivity contribution in [3.8, 4) is 0 Å². The monoisotopic (exact) mass is 390 g/mol. The highest BCUT2D eigenvalue weighted by Crippen LogP contribution is 2.32. The van der Waals surface area contributed by atoms with E-state index in [1.54, 1.807) is 30.5 Å². The first kappa shape index (κ1) is 18.6. The van der Waals surface area contributed by atoms with Crippen LogP contribution >= 0.6 is 24.0 Å². The van der Waals surface area contributed by atoms with Crippen molar-refractivity contribution in [3.05, 3.63) is 45.2 Å². The molecular formula is C17H18N4O3S2. The zero-order valence-corrected chi connectivity index (χ0v) is 15.8. The van der Waals surface area contributed by atoms with Crippen molar-refractivity contribution < 1.29 is 9.90 Å². The molecule has 1 aliphatic rings. The number of pyridine rings is 1. The van der Waals surface area contributed by atoms with Gasteiger partial charge in [-0.2, -0.15) is 0 Å². The van der Waals surface area contributed by atoms with E-state index in [1.165, 1.54) is 21.1 Å². The number of rotatable bonds is 6. The summed E-state index contributed by atoms with van der Waals surface area (Å²) in [4.78, 5) is 31.8. The van der Waals surface area contributed by atoms with Crippen molar-refractivity contribution in [1.29, 1.82) is 0 Å². The van der Waals surface area contributed by atoms with Gasteiger partial charge in [0, 0.05) is 25.9 Å². The highest BCUT2D eigenvalue weighted by Gasteiger charge is 2.31. The van der Waals surface area contributed by atoms with Gasteiger partial charge in [0.2, 0.25) is 0 Å². The van der Waals surface area contributed by atoms with Crippen LogP contribution in [0, 0.1) is 0 Å². The van der Waals surface area contributed by atoms with Gasteiger partial charge in [-0.15, -0.1) is 0 Å². The number of hydrogen-bond acceptors (Lipinski definition) is 7. The Labute approximate surface area is 159 Å².